The van der Waals surface area contributed by atoms with E-state index in [1.807, 2.05) is 24.3 Å². The highest BCUT2D eigenvalue weighted by molar-refractivity contribution is 5.78. The predicted octanol–water partition coefficient (Wildman–Crippen LogP) is 2.37. The molecule has 0 heterocycles. The fourth-order valence-corrected chi connectivity index (χ4v) is 1.88. The number of carbonyl (C=O) groups is 1. The number of ether oxygens (including phenoxy) is 1. The van der Waals surface area contributed by atoms with Gasteiger partial charge in [0.15, 0.2) is 0 Å². The van der Waals surface area contributed by atoms with E-state index in [2.05, 4.69) is 15.3 Å². The van der Waals surface area contributed by atoms with Crippen LogP contribution in [0, 0.1) is 0 Å². The average Bonchev–Trinajstić information content (AvgIpc) is 2.50. The normalized spacial score (nSPS) is 13.0. The summed E-state index contributed by atoms with van der Waals surface area (Å²) in [5.74, 6) is -0.149. The van der Waals surface area contributed by atoms with Crippen molar-refractivity contribution < 1.29 is 14.6 Å². The zero-order valence-electron chi connectivity index (χ0n) is 12.2. The Morgan fingerprint density at radius 2 is 2.14 bits per heavy atom. The van der Waals surface area contributed by atoms with Gasteiger partial charge in [0.05, 0.1) is 7.11 Å². The lowest BCUT2D eigenvalue weighted by atomic mass is 9.93. The summed E-state index contributed by atoms with van der Waals surface area (Å²) in [7, 11) is 1.60. The lowest BCUT2D eigenvalue weighted by Crippen LogP contribution is -2.50. The van der Waals surface area contributed by atoms with Gasteiger partial charge in [0, 0.05) is 18.0 Å². The van der Waals surface area contributed by atoms with Crippen molar-refractivity contribution in [3.8, 4) is 5.75 Å². The second kappa shape index (κ2) is 8.14. The van der Waals surface area contributed by atoms with Gasteiger partial charge in [-0.2, -0.15) is 0 Å². The van der Waals surface area contributed by atoms with E-state index < -0.39 is 11.5 Å². The fourth-order valence-electron chi connectivity index (χ4n) is 1.88. The summed E-state index contributed by atoms with van der Waals surface area (Å²) < 4.78 is 5.08. The molecule has 0 saturated heterocycles. The van der Waals surface area contributed by atoms with Crippen LogP contribution >= 0.6 is 0 Å². The molecule has 0 saturated carbocycles. The molecule has 1 atom stereocenters. The van der Waals surface area contributed by atoms with Gasteiger partial charge in [0.25, 0.3) is 0 Å². The molecular weight excluding hydrogens is 272 g/mol. The summed E-state index contributed by atoms with van der Waals surface area (Å²) in [6, 6.07) is 7.53. The summed E-state index contributed by atoms with van der Waals surface area (Å²) in [5, 5.41) is 15.7. The Labute approximate surface area is 123 Å². The highest BCUT2D eigenvalue weighted by atomic mass is 16.5. The second-order valence-corrected chi connectivity index (χ2v) is 4.87. The minimum absolute atomic E-state index is 0.224. The predicted molar refractivity (Wildman–Crippen MR) is 79.4 cm³/mol. The van der Waals surface area contributed by atoms with Crippen LogP contribution in [0.1, 0.15) is 18.9 Å². The largest absolute Gasteiger partial charge is 0.497 e. The zero-order chi connectivity index (χ0) is 15.7. The van der Waals surface area contributed by atoms with E-state index in [0.717, 1.165) is 11.3 Å². The minimum atomic E-state index is -1.05. The molecule has 0 aromatic heterocycles. The van der Waals surface area contributed by atoms with Crippen molar-refractivity contribution >= 4 is 5.97 Å². The van der Waals surface area contributed by atoms with E-state index in [-0.39, 0.29) is 6.54 Å². The molecule has 2 N–H and O–H groups in total. The third-order valence-corrected chi connectivity index (χ3v) is 3.33. The molecule has 7 nitrogen and oxygen atoms in total. The van der Waals surface area contributed by atoms with Crippen molar-refractivity contribution in [2.24, 2.45) is 5.11 Å². The molecule has 7 heteroatoms. The molecule has 0 aliphatic rings. The van der Waals surface area contributed by atoms with Gasteiger partial charge in [0.2, 0.25) is 0 Å². The molecule has 0 aliphatic heterocycles. The molecule has 1 unspecified atom stereocenters. The van der Waals surface area contributed by atoms with Gasteiger partial charge in [0.1, 0.15) is 11.3 Å². The van der Waals surface area contributed by atoms with Crippen LogP contribution in [0.4, 0.5) is 0 Å². The Balaban J connectivity index is 2.60. The fraction of sp³-hybridized carbons (Fsp3) is 0.500. The van der Waals surface area contributed by atoms with Crippen LogP contribution in [0.15, 0.2) is 29.4 Å². The highest BCUT2D eigenvalue weighted by Crippen LogP contribution is 2.17. The first-order valence-corrected chi connectivity index (χ1v) is 6.64. The number of carboxylic acids is 1. The van der Waals surface area contributed by atoms with Gasteiger partial charge in [-0.3, -0.25) is 4.79 Å². The van der Waals surface area contributed by atoms with E-state index in [1.165, 1.54) is 0 Å². The Kier molecular flexibility index (Phi) is 6.52. The first-order valence-electron chi connectivity index (χ1n) is 6.64. The number of methoxy groups -OCH3 is 1. The van der Waals surface area contributed by atoms with Crippen molar-refractivity contribution in [2.75, 3.05) is 20.2 Å². The number of hydrogen-bond donors (Lipinski definition) is 2. The van der Waals surface area contributed by atoms with Gasteiger partial charge in [-0.15, -0.1) is 0 Å². The van der Waals surface area contributed by atoms with E-state index in [9.17, 15) is 9.90 Å². The third kappa shape index (κ3) is 5.33. The van der Waals surface area contributed by atoms with Gasteiger partial charge in [-0.25, -0.2) is 0 Å². The van der Waals surface area contributed by atoms with Crippen LogP contribution in [-0.4, -0.2) is 36.8 Å². The van der Waals surface area contributed by atoms with Gasteiger partial charge >= 0.3 is 5.97 Å². The average molecular weight is 292 g/mol. The molecule has 0 aliphatic carbocycles. The van der Waals surface area contributed by atoms with E-state index in [1.54, 1.807) is 14.0 Å². The molecule has 0 amide bonds. The number of aliphatic carboxylic acids is 1. The molecule has 0 radical (unpaired) electrons. The molecule has 0 bridgehead atoms. The summed E-state index contributed by atoms with van der Waals surface area (Å²) >= 11 is 0. The molecule has 1 aromatic rings. The SMILES string of the molecule is COc1ccc(CCC(C)(NCCN=[N+]=[N-])C(=O)O)cc1. The van der Waals surface area contributed by atoms with Crippen molar-refractivity contribution in [1.29, 1.82) is 0 Å². The molecule has 0 fully saturated rings. The van der Waals surface area contributed by atoms with Crippen molar-refractivity contribution in [2.45, 2.75) is 25.3 Å². The van der Waals surface area contributed by atoms with Gasteiger partial charge in [-0.1, -0.05) is 17.2 Å². The number of hydrogen-bond acceptors (Lipinski definition) is 4. The number of carboxylic acid groups (broad SMARTS) is 1. The second-order valence-electron chi connectivity index (χ2n) is 4.87. The molecule has 1 aromatic carbocycles. The Morgan fingerprint density at radius 3 is 2.67 bits per heavy atom. The summed E-state index contributed by atoms with van der Waals surface area (Å²) in [6.45, 7) is 2.19. The van der Waals surface area contributed by atoms with E-state index in [0.29, 0.717) is 19.4 Å². The molecule has 114 valence electrons. The van der Waals surface area contributed by atoms with E-state index in [4.69, 9.17) is 10.3 Å². The molecule has 21 heavy (non-hydrogen) atoms. The number of aryl methyl sites for hydroxylation is 1. The highest BCUT2D eigenvalue weighted by Gasteiger charge is 2.31. The Morgan fingerprint density at radius 1 is 1.48 bits per heavy atom. The van der Waals surface area contributed by atoms with Crippen LogP contribution in [0.25, 0.3) is 10.4 Å². The van der Waals surface area contributed by atoms with Crippen molar-refractivity contribution in [1.82, 2.24) is 5.32 Å². The van der Waals surface area contributed by atoms with Crippen LogP contribution in [0.5, 0.6) is 5.75 Å². The van der Waals surface area contributed by atoms with Crippen molar-refractivity contribution in [3.05, 3.63) is 40.3 Å². The van der Waals surface area contributed by atoms with Gasteiger partial charge in [-0.05, 0) is 43.0 Å². The van der Waals surface area contributed by atoms with Crippen LogP contribution < -0.4 is 10.1 Å². The van der Waals surface area contributed by atoms with Crippen LogP contribution in [-0.2, 0) is 11.2 Å². The number of benzene rings is 1. The summed E-state index contributed by atoms with van der Waals surface area (Å²) in [4.78, 5) is 14.1. The zero-order valence-corrected chi connectivity index (χ0v) is 12.2. The van der Waals surface area contributed by atoms with Crippen LogP contribution in [0.2, 0.25) is 0 Å². The topological polar surface area (TPSA) is 107 Å². The smallest absolute Gasteiger partial charge is 0.323 e. The maximum atomic E-state index is 11.4. The van der Waals surface area contributed by atoms with Crippen molar-refractivity contribution in [3.63, 3.8) is 0 Å². The lowest BCUT2D eigenvalue weighted by Gasteiger charge is -2.26. The monoisotopic (exact) mass is 292 g/mol. The van der Waals surface area contributed by atoms with E-state index >= 15 is 0 Å². The van der Waals surface area contributed by atoms with Crippen LogP contribution in [0.3, 0.4) is 0 Å². The number of nitrogens with zero attached hydrogens (tertiary/aromatic N) is 3. The quantitative estimate of drug-likeness (QED) is 0.315. The Hall–Kier alpha value is -2.24. The van der Waals surface area contributed by atoms with Gasteiger partial charge < -0.3 is 15.2 Å². The third-order valence-electron chi connectivity index (χ3n) is 3.33. The Bertz CT molecular complexity index is 511. The minimum Gasteiger partial charge on any atom is -0.497 e. The number of rotatable bonds is 9. The number of nitrogens with one attached hydrogen (secondary N) is 1. The maximum Gasteiger partial charge on any atom is 0.323 e. The molecule has 1 rings (SSSR count). The first-order chi connectivity index (χ1) is 10.0. The summed E-state index contributed by atoms with van der Waals surface area (Å²) in [6.07, 6.45) is 1.06. The molecular formula is C14H20N4O3. The lowest BCUT2D eigenvalue weighted by molar-refractivity contribution is -0.144. The maximum absolute atomic E-state index is 11.4. The number of azide groups is 1. The standard InChI is InChI=1S/C14H20N4O3/c1-14(13(19)20,16-9-10-17-18-15)8-7-11-3-5-12(21-2)6-4-11/h3-6,16H,7-10H2,1-2H3,(H,19,20). The summed E-state index contributed by atoms with van der Waals surface area (Å²) in [5.41, 5.74) is 8.19. The molecule has 0 spiro atoms. The first kappa shape index (κ1) is 16.8.